The van der Waals surface area contributed by atoms with Crippen molar-refractivity contribution in [3.63, 3.8) is 0 Å². The van der Waals surface area contributed by atoms with Crippen LogP contribution >= 0.6 is 11.6 Å². The zero-order valence-electron chi connectivity index (χ0n) is 17.9. The number of benzene rings is 1. The number of aromatic nitrogens is 2. The van der Waals surface area contributed by atoms with E-state index in [1.165, 1.54) is 6.20 Å². The van der Waals surface area contributed by atoms with E-state index in [9.17, 15) is 23.1 Å². The van der Waals surface area contributed by atoms with Gasteiger partial charge in [-0.05, 0) is 18.2 Å². The summed E-state index contributed by atoms with van der Waals surface area (Å²) in [7, 11) is 0. The highest BCUT2D eigenvalue weighted by atomic mass is 35.5. The molecule has 0 radical (unpaired) electrons. The van der Waals surface area contributed by atoms with Gasteiger partial charge in [-0.15, -0.1) is 13.2 Å². The first-order valence-electron chi connectivity index (χ1n) is 10.6. The number of rotatable bonds is 8. The zero-order chi connectivity index (χ0) is 24.5. The highest BCUT2D eigenvalue weighted by Crippen LogP contribution is 2.36. The maximum Gasteiger partial charge on any atom is 0.522 e. The number of halogens is 4. The Bertz CT molecular complexity index is 1050. The highest BCUT2D eigenvalue weighted by molar-refractivity contribution is 6.30. The van der Waals surface area contributed by atoms with Crippen LogP contribution in [0.25, 0.3) is 0 Å². The van der Waals surface area contributed by atoms with E-state index in [0.29, 0.717) is 40.7 Å². The number of carbonyl (C=O) groups is 1. The van der Waals surface area contributed by atoms with Gasteiger partial charge in [0, 0.05) is 48.5 Å². The number of aryl methyl sites for hydroxylation is 1. The molecule has 0 unspecified atom stereocenters. The van der Waals surface area contributed by atoms with Gasteiger partial charge in [0.1, 0.15) is 11.9 Å². The van der Waals surface area contributed by atoms with E-state index in [2.05, 4.69) is 21.7 Å². The largest absolute Gasteiger partial charge is 0.522 e. The number of amides is 1. The molecule has 12 heteroatoms. The fraction of sp³-hybridized carbons (Fsp3) is 0.455. The molecule has 0 saturated heterocycles. The Kier molecular flexibility index (Phi) is 7.06. The van der Waals surface area contributed by atoms with Crippen LogP contribution in [-0.2, 0) is 16.1 Å². The molecule has 2 heterocycles. The van der Waals surface area contributed by atoms with E-state index < -0.39 is 30.6 Å². The van der Waals surface area contributed by atoms with Crippen molar-refractivity contribution in [2.24, 2.45) is 0 Å². The molecule has 2 aliphatic rings. The van der Waals surface area contributed by atoms with E-state index in [4.69, 9.17) is 21.1 Å². The maximum atomic E-state index is 12.6. The fourth-order valence-electron chi connectivity index (χ4n) is 3.76. The summed E-state index contributed by atoms with van der Waals surface area (Å²) in [6.07, 6.45) is -3.76. The number of aliphatic hydroxyl groups is 1. The summed E-state index contributed by atoms with van der Waals surface area (Å²) in [5.41, 5.74) is 0.978. The molecule has 0 bridgehead atoms. The Balaban J connectivity index is 1.19. The Morgan fingerprint density at radius 1 is 1.32 bits per heavy atom. The molecule has 1 aliphatic carbocycles. The molecule has 0 spiro atoms. The van der Waals surface area contributed by atoms with Crippen molar-refractivity contribution in [2.75, 3.05) is 0 Å². The highest BCUT2D eigenvalue weighted by Gasteiger charge is 2.41. The summed E-state index contributed by atoms with van der Waals surface area (Å²) in [6, 6.07) is 4.84. The van der Waals surface area contributed by atoms with E-state index in [1.807, 2.05) is 0 Å². The molecule has 2 atom stereocenters. The van der Waals surface area contributed by atoms with Crippen LogP contribution in [0.1, 0.15) is 37.4 Å². The van der Waals surface area contributed by atoms with Gasteiger partial charge < -0.3 is 19.9 Å². The standard InChI is InChI=1S/C22H23ClF3N3O5/c1-12(28-21(31)20-9-18(30)17-6-13(23)2-3-19(17)33-20)4-5-29-11-16(10-27-29)32-14-7-15(8-14)34-22(24,25)26/h2-3,6,10-11,14-15,18,20,30H,1,4-5,7-9H2,(H,28,31)/t14-,15+,18-,20-/m1/s1. The molecule has 1 aromatic carbocycles. The number of hydrogen-bond donors (Lipinski definition) is 2. The SMILES string of the molecule is C=C(CCn1cc(O[C@H]2C[C@@H](OC(F)(F)F)C2)cn1)NC(=O)[C@H]1C[C@@H](O)c2cc(Cl)ccc2O1. The molecule has 34 heavy (non-hydrogen) atoms. The number of nitrogens with one attached hydrogen (secondary N) is 1. The summed E-state index contributed by atoms with van der Waals surface area (Å²) in [5, 5.41) is 17.6. The molecule has 4 rings (SSSR count). The summed E-state index contributed by atoms with van der Waals surface area (Å²) < 4.78 is 53.3. The first-order valence-corrected chi connectivity index (χ1v) is 11.0. The smallest absolute Gasteiger partial charge is 0.487 e. The van der Waals surface area contributed by atoms with Crippen LogP contribution in [0.4, 0.5) is 13.2 Å². The lowest BCUT2D eigenvalue weighted by Gasteiger charge is -2.34. The van der Waals surface area contributed by atoms with E-state index in [-0.39, 0.29) is 25.4 Å². The summed E-state index contributed by atoms with van der Waals surface area (Å²) in [4.78, 5) is 12.6. The molecular formula is C22H23ClF3N3O5. The van der Waals surface area contributed by atoms with Crippen LogP contribution in [0.2, 0.25) is 5.02 Å². The summed E-state index contributed by atoms with van der Waals surface area (Å²) in [5.74, 6) is 0.420. The fourth-order valence-corrected chi connectivity index (χ4v) is 3.95. The molecule has 2 aromatic rings. The minimum Gasteiger partial charge on any atom is -0.487 e. The average Bonchev–Trinajstić information content (AvgIpc) is 3.17. The van der Waals surface area contributed by atoms with Crippen LogP contribution in [0.15, 0.2) is 42.9 Å². The maximum absolute atomic E-state index is 12.6. The second kappa shape index (κ2) is 9.85. The molecule has 1 amide bonds. The Hall–Kier alpha value is -2.76. The lowest BCUT2D eigenvalue weighted by molar-refractivity contribution is -0.355. The number of allylic oxidation sites excluding steroid dienone is 1. The quantitative estimate of drug-likeness (QED) is 0.570. The Labute approximate surface area is 198 Å². The predicted octanol–water partition coefficient (Wildman–Crippen LogP) is 3.89. The van der Waals surface area contributed by atoms with Gasteiger partial charge in [-0.3, -0.25) is 14.2 Å². The molecule has 1 saturated carbocycles. The molecule has 8 nitrogen and oxygen atoms in total. The third-order valence-electron chi connectivity index (χ3n) is 5.54. The van der Waals surface area contributed by atoms with Crippen LogP contribution in [0.3, 0.4) is 0 Å². The van der Waals surface area contributed by atoms with Crippen LogP contribution in [-0.4, -0.2) is 45.5 Å². The van der Waals surface area contributed by atoms with Crippen molar-refractivity contribution in [1.82, 2.24) is 15.1 Å². The van der Waals surface area contributed by atoms with Gasteiger partial charge in [0.15, 0.2) is 11.9 Å². The Morgan fingerprint density at radius 2 is 2.09 bits per heavy atom. The van der Waals surface area contributed by atoms with Gasteiger partial charge in [0.25, 0.3) is 5.91 Å². The first kappa shape index (κ1) is 24.4. The molecule has 184 valence electrons. The van der Waals surface area contributed by atoms with Crippen LogP contribution in [0.5, 0.6) is 11.5 Å². The van der Waals surface area contributed by atoms with Gasteiger partial charge >= 0.3 is 6.36 Å². The molecular weight excluding hydrogens is 479 g/mol. The molecule has 1 fully saturated rings. The topological polar surface area (TPSA) is 94.8 Å². The summed E-state index contributed by atoms with van der Waals surface area (Å²) in [6.45, 7) is 4.24. The minimum absolute atomic E-state index is 0.0857. The minimum atomic E-state index is -4.64. The van der Waals surface area contributed by atoms with E-state index in [0.717, 1.165) is 0 Å². The first-order chi connectivity index (χ1) is 16.1. The number of aliphatic hydroxyl groups excluding tert-OH is 1. The van der Waals surface area contributed by atoms with Gasteiger partial charge in [-0.25, -0.2) is 0 Å². The average molecular weight is 502 g/mol. The van der Waals surface area contributed by atoms with Crippen molar-refractivity contribution in [3.05, 3.63) is 53.5 Å². The second-order valence-electron chi connectivity index (χ2n) is 8.22. The Morgan fingerprint density at radius 3 is 2.82 bits per heavy atom. The van der Waals surface area contributed by atoms with Gasteiger partial charge in [-0.1, -0.05) is 18.2 Å². The lowest BCUT2D eigenvalue weighted by Crippen LogP contribution is -2.42. The predicted molar refractivity (Wildman–Crippen MR) is 114 cm³/mol. The molecule has 1 aromatic heterocycles. The number of alkyl halides is 3. The van der Waals surface area contributed by atoms with Crippen molar-refractivity contribution in [3.8, 4) is 11.5 Å². The number of hydrogen-bond acceptors (Lipinski definition) is 6. The second-order valence-corrected chi connectivity index (χ2v) is 8.66. The normalized spacial score (nSPS) is 23.9. The third kappa shape index (κ3) is 6.22. The monoisotopic (exact) mass is 501 g/mol. The van der Waals surface area contributed by atoms with Crippen LogP contribution < -0.4 is 14.8 Å². The number of carbonyl (C=O) groups excluding carboxylic acids is 1. The van der Waals surface area contributed by atoms with Crippen molar-refractivity contribution in [2.45, 2.75) is 63.0 Å². The van der Waals surface area contributed by atoms with Crippen molar-refractivity contribution in [1.29, 1.82) is 0 Å². The van der Waals surface area contributed by atoms with E-state index >= 15 is 0 Å². The van der Waals surface area contributed by atoms with Gasteiger partial charge in [0.05, 0.1) is 24.6 Å². The number of nitrogens with zero attached hydrogens (tertiary/aromatic N) is 2. The van der Waals surface area contributed by atoms with E-state index in [1.54, 1.807) is 29.1 Å². The van der Waals surface area contributed by atoms with Gasteiger partial charge in [0.2, 0.25) is 0 Å². The van der Waals surface area contributed by atoms with Gasteiger partial charge in [-0.2, -0.15) is 5.10 Å². The van der Waals surface area contributed by atoms with Crippen molar-refractivity contribution >= 4 is 17.5 Å². The number of fused-ring (bicyclic) bond motifs is 1. The van der Waals surface area contributed by atoms with Crippen molar-refractivity contribution < 1.29 is 37.3 Å². The third-order valence-corrected chi connectivity index (χ3v) is 5.77. The van der Waals surface area contributed by atoms with Crippen LogP contribution in [0, 0.1) is 0 Å². The summed E-state index contributed by atoms with van der Waals surface area (Å²) >= 11 is 5.94. The zero-order valence-corrected chi connectivity index (χ0v) is 18.7. The number of ether oxygens (including phenoxy) is 3. The lowest BCUT2D eigenvalue weighted by atomic mass is 9.92. The molecule has 2 N–H and O–H groups in total. The molecule has 1 aliphatic heterocycles.